The topological polar surface area (TPSA) is 79.0 Å². The molecule has 1 aliphatic rings. The van der Waals surface area contributed by atoms with Crippen LogP contribution in [0, 0.1) is 0 Å². The van der Waals surface area contributed by atoms with Gasteiger partial charge in [0.25, 0.3) is 5.91 Å². The lowest BCUT2D eigenvalue weighted by Gasteiger charge is -2.18. The zero-order valence-electron chi connectivity index (χ0n) is 15.1. The summed E-state index contributed by atoms with van der Waals surface area (Å²) in [6, 6.07) is 13.8. The third-order valence-electron chi connectivity index (χ3n) is 4.33. The van der Waals surface area contributed by atoms with Crippen LogP contribution >= 0.6 is 0 Å². The van der Waals surface area contributed by atoms with Gasteiger partial charge in [0.05, 0.1) is 7.11 Å². The quantitative estimate of drug-likeness (QED) is 0.903. The molecule has 0 spiro atoms. The van der Waals surface area contributed by atoms with Gasteiger partial charge < -0.3 is 10.1 Å². The molecule has 0 radical (unpaired) electrons. The standard InChI is InChI=1S/C20H19N3O4/c1-13-16-6-4-5-7-17(16)19(25)23(13)12-18(24)21-14-8-10-15(11-9-14)22(2)20(26)27-3/h4-11H,1,12H2,2-3H3,(H,21,24). The maximum Gasteiger partial charge on any atom is 0.413 e. The third kappa shape index (κ3) is 3.52. The van der Waals surface area contributed by atoms with Gasteiger partial charge in [-0.1, -0.05) is 24.8 Å². The predicted octanol–water partition coefficient (Wildman–Crippen LogP) is 2.95. The van der Waals surface area contributed by atoms with E-state index in [0.717, 1.165) is 5.56 Å². The number of amides is 3. The number of methoxy groups -OCH3 is 1. The second-order valence-corrected chi connectivity index (χ2v) is 6.01. The van der Waals surface area contributed by atoms with E-state index in [1.54, 1.807) is 43.4 Å². The first-order valence-electron chi connectivity index (χ1n) is 8.24. The molecule has 0 aliphatic carbocycles. The van der Waals surface area contributed by atoms with E-state index in [-0.39, 0.29) is 18.4 Å². The maximum absolute atomic E-state index is 12.4. The fourth-order valence-electron chi connectivity index (χ4n) is 2.86. The highest BCUT2D eigenvalue weighted by Gasteiger charge is 2.31. The summed E-state index contributed by atoms with van der Waals surface area (Å²) in [5.74, 6) is -0.577. The minimum absolute atomic E-state index is 0.129. The molecule has 27 heavy (non-hydrogen) atoms. The van der Waals surface area contributed by atoms with Gasteiger partial charge in [-0.3, -0.25) is 19.4 Å². The number of hydrogen-bond acceptors (Lipinski definition) is 4. The van der Waals surface area contributed by atoms with Crippen molar-refractivity contribution < 1.29 is 19.1 Å². The number of rotatable bonds is 4. The van der Waals surface area contributed by atoms with Crippen molar-refractivity contribution in [3.8, 4) is 0 Å². The molecule has 7 nitrogen and oxygen atoms in total. The molecule has 3 amide bonds. The van der Waals surface area contributed by atoms with E-state index in [0.29, 0.717) is 22.6 Å². The first-order chi connectivity index (χ1) is 12.9. The molecule has 0 saturated heterocycles. The van der Waals surface area contributed by atoms with E-state index in [1.165, 1.54) is 16.9 Å². The Balaban J connectivity index is 1.64. The molecule has 2 aromatic rings. The largest absolute Gasteiger partial charge is 0.452 e. The minimum atomic E-state index is -0.489. The number of hydrogen-bond donors (Lipinski definition) is 1. The van der Waals surface area contributed by atoms with Crippen LogP contribution < -0.4 is 10.2 Å². The summed E-state index contributed by atoms with van der Waals surface area (Å²) in [5.41, 5.74) is 2.98. The molecule has 0 saturated carbocycles. The summed E-state index contributed by atoms with van der Waals surface area (Å²) in [5, 5.41) is 2.74. The van der Waals surface area contributed by atoms with E-state index >= 15 is 0 Å². The average molecular weight is 365 g/mol. The second kappa shape index (κ2) is 7.33. The third-order valence-corrected chi connectivity index (χ3v) is 4.33. The van der Waals surface area contributed by atoms with Gasteiger partial charge in [0.2, 0.25) is 5.91 Å². The van der Waals surface area contributed by atoms with Gasteiger partial charge in [-0.05, 0) is 30.3 Å². The minimum Gasteiger partial charge on any atom is -0.452 e. The van der Waals surface area contributed by atoms with Crippen molar-refractivity contribution in [1.29, 1.82) is 0 Å². The molecule has 3 rings (SSSR count). The van der Waals surface area contributed by atoms with Gasteiger partial charge in [-0.2, -0.15) is 0 Å². The van der Waals surface area contributed by atoms with E-state index in [2.05, 4.69) is 16.6 Å². The normalized spacial score (nSPS) is 12.6. The molecule has 0 aromatic heterocycles. The number of fused-ring (bicyclic) bond motifs is 1. The highest BCUT2D eigenvalue weighted by atomic mass is 16.5. The van der Waals surface area contributed by atoms with Crippen molar-refractivity contribution in [3.05, 3.63) is 66.2 Å². The van der Waals surface area contributed by atoms with Gasteiger partial charge in [0, 0.05) is 35.2 Å². The summed E-state index contributed by atoms with van der Waals surface area (Å²) >= 11 is 0. The Hall–Kier alpha value is -3.61. The van der Waals surface area contributed by atoms with Gasteiger partial charge in [-0.25, -0.2) is 4.79 Å². The molecule has 1 heterocycles. The molecular formula is C20H19N3O4. The lowest BCUT2D eigenvalue weighted by atomic mass is 10.1. The Kier molecular flexibility index (Phi) is 4.94. The summed E-state index contributed by atoms with van der Waals surface area (Å²) < 4.78 is 4.65. The zero-order valence-corrected chi connectivity index (χ0v) is 15.1. The molecule has 0 atom stereocenters. The smallest absolute Gasteiger partial charge is 0.413 e. The van der Waals surface area contributed by atoms with Crippen molar-refractivity contribution in [1.82, 2.24) is 4.90 Å². The molecule has 0 unspecified atom stereocenters. The number of nitrogens with zero attached hydrogens (tertiary/aromatic N) is 2. The van der Waals surface area contributed by atoms with E-state index in [4.69, 9.17) is 0 Å². The predicted molar refractivity (Wildman–Crippen MR) is 102 cm³/mol. The second-order valence-electron chi connectivity index (χ2n) is 6.01. The lowest BCUT2D eigenvalue weighted by molar-refractivity contribution is -0.116. The highest BCUT2D eigenvalue weighted by molar-refractivity contribution is 6.11. The SMILES string of the molecule is C=C1c2ccccc2C(=O)N1CC(=O)Nc1ccc(N(C)C(=O)OC)cc1. The van der Waals surface area contributed by atoms with Crippen molar-refractivity contribution in [2.24, 2.45) is 0 Å². The summed E-state index contributed by atoms with van der Waals surface area (Å²) in [6.07, 6.45) is -0.489. The van der Waals surface area contributed by atoms with Crippen molar-refractivity contribution in [2.45, 2.75) is 0 Å². The van der Waals surface area contributed by atoms with Crippen molar-refractivity contribution in [2.75, 3.05) is 30.9 Å². The van der Waals surface area contributed by atoms with Gasteiger partial charge in [0.1, 0.15) is 6.54 Å². The maximum atomic E-state index is 12.4. The number of carbonyl (C=O) groups is 3. The molecule has 138 valence electrons. The van der Waals surface area contributed by atoms with E-state index < -0.39 is 6.09 Å². The Morgan fingerprint density at radius 3 is 2.33 bits per heavy atom. The van der Waals surface area contributed by atoms with Crippen LogP contribution in [-0.4, -0.2) is 43.5 Å². The molecular weight excluding hydrogens is 346 g/mol. The number of benzene rings is 2. The lowest BCUT2D eigenvalue weighted by Crippen LogP contribution is -2.32. The van der Waals surface area contributed by atoms with Gasteiger partial charge >= 0.3 is 6.09 Å². The van der Waals surface area contributed by atoms with Crippen LogP contribution in [0.15, 0.2) is 55.1 Å². The van der Waals surface area contributed by atoms with Crippen LogP contribution in [0.25, 0.3) is 5.70 Å². The Labute approximate surface area is 156 Å². The number of carbonyl (C=O) groups excluding carboxylic acids is 3. The van der Waals surface area contributed by atoms with E-state index in [9.17, 15) is 14.4 Å². The Morgan fingerprint density at radius 1 is 1.11 bits per heavy atom. The fourth-order valence-corrected chi connectivity index (χ4v) is 2.86. The Morgan fingerprint density at radius 2 is 1.74 bits per heavy atom. The number of anilines is 2. The monoisotopic (exact) mass is 365 g/mol. The average Bonchev–Trinajstić information content (AvgIpc) is 2.92. The molecule has 2 aromatic carbocycles. The van der Waals surface area contributed by atoms with Crippen molar-refractivity contribution in [3.63, 3.8) is 0 Å². The zero-order chi connectivity index (χ0) is 19.6. The fraction of sp³-hybridized carbons (Fsp3) is 0.150. The number of ether oxygens (including phenoxy) is 1. The molecule has 7 heteroatoms. The first-order valence-corrected chi connectivity index (χ1v) is 8.24. The van der Waals surface area contributed by atoms with Gasteiger partial charge in [-0.15, -0.1) is 0 Å². The molecule has 0 bridgehead atoms. The molecule has 1 aliphatic heterocycles. The van der Waals surface area contributed by atoms with Crippen LogP contribution in [-0.2, 0) is 9.53 Å². The molecule has 1 N–H and O–H groups in total. The summed E-state index contributed by atoms with van der Waals surface area (Å²) in [6.45, 7) is 3.79. The first kappa shape index (κ1) is 18.2. The van der Waals surface area contributed by atoms with Crippen LogP contribution in [0.1, 0.15) is 15.9 Å². The van der Waals surface area contributed by atoms with Crippen LogP contribution in [0.5, 0.6) is 0 Å². The highest BCUT2D eigenvalue weighted by Crippen LogP contribution is 2.30. The van der Waals surface area contributed by atoms with Crippen LogP contribution in [0.4, 0.5) is 16.2 Å². The summed E-state index contributed by atoms with van der Waals surface area (Å²) in [7, 11) is 2.89. The Bertz CT molecular complexity index is 886. The molecule has 0 fully saturated rings. The van der Waals surface area contributed by atoms with Gasteiger partial charge in [0.15, 0.2) is 0 Å². The van der Waals surface area contributed by atoms with Crippen LogP contribution in [0.3, 0.4) is 0 Å². The summed E-state index contributed by atoms with van der Waals surface area (Å²) in [4.78, 5) is 39.0. The van der Waals surface area contributed by atoms with Crippen molar-refractivity contribution >= 4 is 35.0 Å². The van der Waals surface area contributed by atoms with E-state index in [1.807, 2.05) is 12.1 Å². The van der Waals surface area contributed by atoms with Crippen LogP contribution in [0.2, 0.25) is 0 Å². The number of nitrogens with one attached hydrogen (secondary N) is 1.